The molecule has 0 aliphatic rings. The fraction of sp³-hybridized carbons (Fsp3) is 0.727. The third-order valence-corrected chi connectivity index (χ3v) is 1.73. The van der Waals surface area contributed by atoms with E-state index in [4.69, 9.17) is 0 Å². The maximum absolute atomic E-state index is 3.77. The summed E-state index contributed by atoms with van der Waals surface area (Å²) >= 11 is 0. The first-order chi connectivity index (χ1) is 5.20. The minimum Gasteiger partial charge on any atom is -0.310 e. The predicted molar refractivity (Wildman–Crippen MR) is 52.4 cm³/mol. The van der Waals surface area contributed by atoms with E-state index in [0.717, 1.165) is 12.3 Å². The number of rotatable bonds is 6. The molecule has 68 valence electrons. The summed E-state index contributed by atoms with van der Waals surface area (Å²) < 4.78 is 0. The summed E-state index contributed by atoms with van der Waals surface area (Å²) in [5.41, 5.74) is 0. The molecule has 0 bridgehead atoms. The van der Waals surface area contributed by atoms with E-state index in [1.54, 1.807) is 5.92 Å². The minimum absolute atomic E-state index is 0. The predicted octanol–water partition coefficient (Wildman–Crippen LogP) is 3.98. The van der Waals surface area contributed by atoms with Crippen LogP contribution in [-0.2, 0) is 19.5 Å². The number of hydrogen-bond acceptors (Lipinski definition) is 0. The maximum atomic E-state index is 3.77. The van der Waals surface area contributed by atoms with Crippen LogP contribution in [0.25, 0.3) is 0 Å². The van der Waals surface area contributed by atoms with Crippen LogP contribution >= 0.6 is 0 Å². The summed E-state index contributed by atoms with van der Waals surface area (Å²) in [6.07, 6.45) is 6.97. The standard InChI is InChI=1S/C11H21.Zn/c1-5-7-11(8-6-2)9-10(3)4;/h5,10H,1,6-9H2,2-4H3;/q-1;. The monoisotopic (exact) mass is 217 g/mol. The van der Waals surface area contributed by atoms with E-state index in [0.29, 0.717) is 0 Å². The molecule has 0 N–H and O–H groups in total. The molecule has 0 fully saturated rings. The van der Waals surface area contributed by atoms with Crippen LogP contribution in [0.1, 0.15) is 46.5 Å². The summed E-state index contributed by atoms with van der Waals surface area (Å²) in [4.78, 5) is 0. The third kappa shape index (κ3) is 8.46. The quantitative estimate of drug-likeness (QED) is 0.359. The zero-order valence-electron chi connectivity index (χ0n) is 8.90. The zero-order valence-corrected chi connectivity index (χ0v) is 11.9. The van der Waals surface area contributed by atoms with Gasteiger partial charge in [-0.05, 0) is 0 Å². The van der Waals surface area contributed by atoms with Gasteiger partial charge in [0.05, 0.1) is 0 Å². The van der Waals surface area contributed by atoms with E-state index in [2.05, 4.69) is 27.4 Å². The van der Waals surface area contributed by atoms with Gasteiger partial charge in [0, 0.05) is 19.5 Å². The van der Waals surface area contributed by atoms with Gasteiger partial charge < -0.3 is 5.92 Å². The molecule has 0 atom stereocenters. The smallest absolute Gasteiger partial charge is 0 e. The summed E-state index contributed by atoms with van der Waals surface area (Å²) in [6, 6.07) is 0. The van der Waals surface area contributed by atoms with E-state index < -0.39 is 0 Å². The number of hydrogen-bond donors (Lipinski definition) is 0. The fourth-order valence-electron chi connectivity index (χ4n) is 1.42. The molecular formula is C11H21Zn-. The molecule has 12 heavy (non-hydrogen) atoms. The first kappa shape index (κ1) is 14.9. The van der Waals surface area contributed by atoms with Gasteiger partial charge in [0.15, 0.2) is 0 Å². The van der Waals surface area contributed by atoms with Gasteiger partial charge in [-0.25, -0.2) is 0 Å². The van der Waals surface area contributed by atoms with Gasteiger partial charge in [-0.1, -0.05) is 33.1 Å². The summed E-state index contributed by atoms with van der Waals surface area (Å²) in [6.45, 7) is 10.6. The molecule has 0 aliphatic heterocycles. The first-order valence-electron chi connectivity index (χ1n) is 4.65. The molecule has 1 heteroatoms. The molecule has 0 aromatic rings. The van der Waals surface area contributed by atoms with E-state index in [1.807, 2.05) is 6.08 Å². The molecule has 0 amide bonds. The van der Waals surface area contributed by atoms with Gasteiger partial charge in [0.2, 0.25) is 0 Å². The average Bonchev–Trinajstić information content (AvgIpc) is 1.87. The zero-order chi connectivity index (χ0) is 8.69. The number of allylic oxidation sites excluding steroid dienone is 1. The topological polar surface area (TPSA) is 0 Å². The maximum Gasteiger partial charge on any atom is 0 e. The van der Waals surface area contributed by atoms with Crippen molar-refractivity contribution in [2.24, 2.45) is 5.92 Å². The van der Waals surface area contributed by atoms with Crippen LogP contribution in [0.5, 0.6) is 0 Å². The Hall–Kier alpha value is 0.363. The van der Waals surface area contributed by atoms with Crippen LogP contribution in [0.15, 0.2) is 12.7 Å². The largest absolute Gasteiger partial charge is 0.310 e. The molecule has 0 radical (unpaired) electrons. The molecular weight excluding hydrogens is 198 g/mol. The van der Waals surface area contributed by atoms with Crippen molar-refractivity contribution in [2.75, 3.05) is 0 Å². The molecule has 0 unspecified atom stereocenters. The van der Waals surface area contributed by atoms with Crippen LogP contribution < -0.4 is 0 Å². The first-order valence-corrected chi connectivity index (χ1v) is 4.65. The Morgan fingerprint density at radius 3 is 2.33 bits per heavy atom. The molecule has 0 nitrogen and oxygen atoms in total. The second kappa shape index (κ2) is 9.45. The van der Waals surface area contributed by atoms with Crippen molar-refractivity contribution < 1.29 is 19.5 Å². The van der Waals surface area contributed by atoms with Gasteiger partial charge in [0.1, 0.15) is 0 Å². The van der Waals surface area contributed by atoms with E-state index >= 15 is 0 Å². The van der Waals surface area contributed by atoms with E-state index in [-0.39, 0.29) is 19.5 Å². The van der Waals surface area contributed by atoms with Crippen molar-refractivity contribution in [1.29, 1.82) is 0 Å². The van der Waals surface area contributed by atoms with Crippen LogP contribution in [0.2, 0.25) is 0 Å². The SMILES string of the molecule is C=CC[C-](CCC)CC(C)C.[Zn]. The Kier molecular flexibility index (Phi) is 11.7. The minimum atomic E-state index is 0. The van der Waals surface area contributed by atoms with Gasteiger partial charge in [-0.3, -0.25) is 0 Å². The molecule has 0 aliphatic carbocycles. The molecule has 0 saturated heterocycles. The average molecular weight is 219 g/mol. The molecule has 0 aromatic heterocycles. The normalized spacial score (nSPS) is 10.1. The van der Waals surface area contributed by atoms with Crippen molar-refractivity contribution >= 4 is 0 Å². The molecule has 0 rings (SSSR count). The Labute approximate surface area is 90.6 Å². The van der Waals surface area contributed by atoms with Gasteiger partial charge >= 0.3 is 0 Å². The van der Waals surface area contributed by atoms with Crippen LogP contribution in [-0.4, -0.2) is 0 Å². The third-order valence-electron chi connectivity index (χ3n) is 1.73. The van der Waals surface area contributed by atoms with Crippen molar-refractivity contribution in [3.8, 4) is 0 Å². The summed E-state index contributed by atoms with van der Waals surface area (Å²) in [5, 5.41) is 0. The Morgan fingerprint density at radius 2 is 2.00 bits per heavy atom. The Bertz CT molecular complexity index is 97.2. The van der Waals surface area contributed by atoms with Crippen LogP contribution in [0.4, 0.5) is 0 Å². The van der Waals surface area contributed by atoms with Crippen molar-refractivity contribution in [1.82, 2.24) is 0 Å². The Morgan fingerprint density at radius 1 is 1.42 bits per heavy atom. The van der Waals surface area contributed by atoms with Crippen molar-refractivity contribution in [2.45, 2.75) is 46.5 Å². The molecule has 0 saturated carbocycles. The van der Waals surface area contributed by atoms with E-state index in [9.17, 15) is 0 Å². The van der Waals surface area contributed by atoms with Crippen molar-refractivity contribution in [3.05, 3.63) is 18.6 Å². The van der Waals surface area contributed by atoms with Gasteiger partial charge in [-0.15, -0.1) is 12.7 Å². The second-order valence-corrected chi connectivity index (χ2v) is 3.59. The molecule has 0 aromatic carbocycles. The second-order valence-electron chi connectivity index (χ2n) is 3.59. The van der Waals surface area contributed by atoms with Crippen molar-refractivity contribution in [3.63, 3.8) is 0 Å². The van der Waals surface area contributed by atoms with Crippen LogP contribution in [0, 0.1) is 11.8 Å². The van der Waals surface area contributed by atoms with Gasteiger partial charge in [-0.2, -0.15) is 19.3 Å². The molecule has 0 spiro atoms. The van der Waals surface area contributed by atoms with Crippen LogP contribution in [0.3, 0.4) is 0 Å². The van der Waals surface area contributed by atoms with Gasteiger partial charge in [0.25, 0.3) is 0 Å². The summed E-state index contributed by atoms with van der Waals surface area (Å²) in [7, 11) is 0. The fourth-order valence-corrected chi connectivity index (χ4v) is 1.42. The Balaban J connectivity index is 0. The van der Waals surface area contributed by atoms with E-state index in [1.165, 1.54) is 19.3 Å². The summed E-state index contributed by atoms with van der Waals surface area (Å²) in [5.74, 6) is 2.47. The molecule has 0 heterocycles.